The maximum atomic E-state index is 13.0. The number of halogens is 1. The first kappa shape index (κ1) is 17.8. The van der Waals surface area contributed by atoms with E-state index in [4.69, 9.17) is 4.52 Å². The van der Waals surface area contributed by atoms with Gasteiger partial charge in [-0.15, -0.1) is 11.3 Å². The summed E-state index contributed by atoms with van der Waals surface area (Å²) < 4.78 is 18.5. The van der Waals surface area contributed by atoms with Crippen LogP contribution in [-0.2, 0) is 0 Å². The molecule has 0 radical (unpaired) electrons. The van der Waals surface area contributed by atoms with Crippen LogP contribution in [0.3, 0.4) is 0 Å². The Balaban J connectivity index is 1.37. The minimum absolute atomic E-state index is 0.0192. The monoisotopic (exact) mass is 386 g/mol. The van der Waals surface area contributed by atoms with E-state index in [-0.39, 0.29) is 17.8 Å². The number of aromatic nitrogens is 2. The predicted octanol–water partition coefficient (Wildman–Crippen LogP) is 3.46. The van der Waals surface area contributed by atoms with Gasteiger partial charge in [-0.05, 0) is 42.6 Å². The number of hydrogen-bond acceptors (Lipinski definition) is 6. The molecule has 0 aliphatic carbocycles. The molecule has 1 aliphatic rings. The van der Waals surface area contributed by atoms with Gasteiger partial charge in [-0.3, -0.25) is 9.69 Å². The molecule has 1 aromatic carbocycles. The van der Waals surface area contributed by atoms with Gasteiger partial charge in [0.05, 0.1) is 10.9 Å². The van der Waals surface area contributed by atoms with Crippen molar-refractivity contribution >= 4 is 17.2 Å². The van der Waals surface area contributed by atoms with E-state index in [9.17, 15) is 9.18 Å². The minimum atomic E-state index is -0.341. The number of piperazine rings is 1. The molecule has 2 aromatic heterocycles. The molecule has 1 saturated heterocycles. The Labute approximate surface area is 160 Å². The summed E-state index contributed by atoms with van der Waals surface area (Å²) in [4.78, 5) is 22.0. The van der Waals surface area contributed by atoms with E-state index in [1.165, 1.54) is 24.3 Å². The van der Waals surface area contributed by atoms with Gasteiger partial charge >= 0.3 is 0 Å². The quantitative estimate of drug-likeness (QED) is 0.687. The molecule has 1 amide bonds. The Morgan fingerprint density at radius 1 is 1.19 bits per heavy atom. The normalized spacial score (nSPS) is 16.4. The van der Waals surface area contributed by atoms with E-state index in [0.29, 0.717) is 43.5 Å². The molecule has 3 heterocycles. The van der Waals surface area contributed by atoms with Gasteiger partial charge in [0, 0.05) is 31.7 Å². The first-order chi connectivity index (χ1) is 13.1. The second-order valence-electron chi connectivity index (χ2n) is 6.44. The number of rotatable bonds is 4. The summed E-state index contributed by atoms with van der Waals surface area (Å²) in [6.07, 6.45) is 0. The van der Waals surface area contributed by atoms with Crippen LogP contribution in [0.2, 0.25) is 0 Å². The number of thiophene rings is 1. The fraction of sp³-hybridized carbons (Fsp3) is 0.316. The van der Waals surface area contributed by atoms with Gasteiger partial charge in [-0.2, -0.15) is 4.98 Å². The van der Waals surface area contributed by atoms with Crippen molar-refractivity contribution in [1.29, 1.82) is 0 Å². The lowest BCUT2D eigenvalue weighted by atomic mass is 10.1. The molecule has 0 saturated carbocycles. The van der Waals surface area contributed by atoms with E-state index in [2.05, 4.69) is 15.0 Å². The van der Waals surface area contributed by atoms with Gasteiger partial charge in [0.2, 0.25) is 11.7 Å². The van der Waals surface area contributed by atoms with E-state index in [0.717, 1.165) is 4.88 Å². The highest BCUT2D eigenvalue weighted by Gasteiger charge is 2.28. The number of carbonyl (C=O) groups excluding carboxylic acids is 1. The molecule has 0 spiro atoms. The van der Waals surface area contributed by atoms with Crippen LogP contribution in [0.1, 0.15) is 29.2 Å². The fourth-order valence-electron chi connectivity index (χ4n) is 3.15. The molecule has 1 aliphatic heterocycles. The first-order valence-electron chi connectivity index (χ1n) is 8.78. The Hall–Kier alpha value is -2.58. The molecule has 8 heteroatoms. The average Bonchev–Trinajstić information content (AvgIpc) is 3.39. The first-order valence-corrected chi connectivity index (χ1v) is 9.66. The Bertz CT molecular complexity index is 902. The van der Waals surface area contributed by atoms with Crippen molar-refractivity contribution in [1.82, 2.24) is 19.9 Å². The van der Waals surface area contributed by atoms with Crippen molar-refractivity contribution in [3.63, 3.8) is 0 Å². The standard InChI is InChI=1S/C19H19FN4O2S/c1-13(18-21-17(22-26-18)16-3-2-12-27-16)23-8-10-24(11-9-23)19(25)14-4-6-15(20)7-5-14/h2-7,12-13H,8-11H2,1H3. The van der Waals surface area contributed by atoms with Crippen LogP contribution in [0, 0.1) is 5.82 Å². The highest BCUT2D eigenvalue weighted by Crippen LogP contribution is 2.26. The van der Waals surface area contributed by atoms with Gasteiger partial charge in [0.1, 0.15) is 5.82 Å². The summed E-state index contributed by atoms with van der Waals surface area (Å²) in [5.41, 5.74) is 0.510. The van der Waals surface area contributed by atoms with Crippen LogP contribution in [0.15, 0.2) is 46.3 Å². The van der Waals surface area contributed by atoms with Crippen LogP contribution in [0.5, 0.6) is 0 Å². The SMILES string of the molecule is CC(c1nc(-c2cccs2)no1)N1CCN(C(=O)c2ccc(F)cc2)CC1. The van der Waals surface area contributed by atoms with E-state index >= 15 is 0 Å². The van der Waals surface area contributed by atoms with Crippen molar-refractivity contribution in [2.75, 3.05) is 26.2 Å². The lowest BCUT2D eigenvalue weighted by molar-refractivity contribution is 0.0551. The molecule has 0 bridgehead atoms. The molecule has 140 valence electrons. The highest BCUT2D eigenvalue weighted by molar-refractivity contribution is 7.13. The molecule has 27 heavy (non-hydrogen) atoms. The van der Waals surface area contributed by atoms with Crippen molar-refractivity contribution < 1.29 is 13.7 Å². The third kappa shape index (κ3) is 3.77. The summed E-state index contributed by atoms with van der Waals surface area (Å²) in [5.74, 6) is 0.778. The van der Waals surface area contributed by atoms with Crippen molar-refractivity contribution in [2.24, 2.45) is 0 Å². The Morgan fingerprint density at radius 2 is 1.93 bits per heavy atom. The molecule has 0 N–H and O–H groups in total. The second kappa shape index (κ2) is 7.58. The van der Waals surface area contributed by atoms with Gasteiger partial charge < -0.3 is 9.42 Å². The molecule has 3 aromatic rings. The zero-order chi connectivity index (χ0) is 18.8. The highest BCUT2D eigenvalue weighted by atomic mass is 32.1. The lowest BCUT2D eigenvalue weighted by Gasteiger charge is -2.36. The molecule has 1 unspecified atom stereocenters. The van der Waals surface area contributed by atoms with Crippen molar-refractivity contribution in [2.45, 2.75) is 13.0 Å². The van der Waals surface area contributed by atoms with Crippen LogP contribution in [-0.4, -0.2) is 52.0 Å². The molecule has 6 nitrogen and oxygen atoms in total. The third-order valence-electron chi connectivity index (χ3n) is 4.78. The van der Waals surface area contributed by atoms with E-state index < -0.39 is 0 Å². The smallest absolute Gasteiger partial charge is 0.253 e. The van der Waals surface area contributed by atoms with Crippen molar-refractivity contribution in [3.05, 3.63) is 59.0 Å². The Kier molecular flexibility index (Phi) is 5.00. The minimum Gasteiger partial charge on any atom is -0.337 e. The number of carbonyl (C=O) groups is 1. The van der Waals surface area contributed by atoms with Gasteiger partial charge in [0.15, 0.2) is 0 Å². The van der Waals surface area contributed by atoms with Gasteiger partial charge in [-0.25, -0.2) is 4.39 Å². The van der Waals surface area contributed by atoms with Gasteiger partial charge in [-0.1, -0.05) is 11.2 Å². The number of hydrogen-bond donors (Lipinski definition) is 0. The van der Waals surface area contributed by atoms with E-state index in [1.807, 2.05) is 24.4 Å². The second-order valence-corrected chi connectivity index (χ2v) is 7.39. The largest absolute Gasteiger partial charge is 0.337 e. The van der Waals surface area contributed by atoms with Gasteiger partial charge in [0.25, 0.3) is 5.91 Å². The fourth-order valence-corrected chi connectivity index (χ4v) is 3.80. The maximum Gasteiger partial charge on any atom is 0.253 e. The summed E-state index contributed by atoms with van der Waals surface area (Å²) in [6.45, 7) is 4.66. The zero-order valence-electron chi connectivity index (χ0n) is 14.8. The van der Waals surface area contributed by atoms with E-state index in [1.54, 1.807) is 16.2 Å². The summed E-state index contributed by atoms with van der Waals surface area (Å²) in [6, 6.07) is 9.57. The molecule has 4 rings (SSSR count). The molecular formula is C19H19FN4O2S. The topological polar surface area (TPSA) is 62.5 Å². The van der Waals surface area contributed by atoms with Crippen LogP contribution >= 0.6 is 11.3 Å². The van der Waals surface area contributed by atoms with Crippen LogP contribution < -0.4 is 0 Å². The molecule has 1 atom stereocenters. The van der Waals surface area contributed by atoms with Crippen LogP contribution in [0.4, 0.5) is 4.39 Å². The number of amides is 1. The van der Waals surface area contributed by atoms with Crippen molar-refractivity contribution in [3.8, 4) is 10.7 Å². The summed E-state index contributed by atoms with van der Waals surface area (Å²) in [7, 11) is 0. The molecular weight excluding hydrogens is 367 g/mol. The molecule has 1 fully saturated rings. The van der Waals surface area contributed by atoms with Crippen LogP contribution in [0.25, 0.3) is 10.7 Å². The predicted molar refractivity (Wildman–Crippen MR) is 99.9 cm³/mol. The Morgan fingerprint density at radius 3 is 2.59 bits per heavy atom. The average molecular weight is 386 g/mol. The number of benzene rings is 1. The summed E-state index contributed by atoms with van der Waals surface area (Å²) in [5, 5.41) is 6.05. The zero-order valence-corrected chi connectivity index (χ0v) is 15.7. The summed E-state index contributed by atoms with van der Waals surface area (Å²) >= 11 is 1.57. The number of nitrogens with zero attached hydrogens (tertiary/aromatic N) is 4. The maximum absolute atomic E-state index is 13.0. The lowest BCUT2D eigenvalue weighted by Crippen LogP contribution is -2.49. The third-order valence-corrected chi connectivity index (χ3v) is 5.65.